The summed E-state index contributed by atoms with van der Waals surface area (Å²) in [7, 11) is 0. The van der Waals surface area contributed by atoms with Crippen LogP contribution >= 0.6 is 0 Å². The minimum Gasteiger partial charge on any atom is -0.490 e. The van der Waals surface area contributed by atoms with Crippen molar-refractivity contribution in [2.24, 2.45) is 0 Å². The van der Waals surface area contributed by atoms with Gasteiger partial charge in [-0.25, -0.2) is 9.97 Å². The zero-order valence-electron chi connectivity index (χ0n) is 9.05. The molecule has 2 aromatic rings. The molecular weight excluding hydrogens is 249 g/mol. The Morgan fingerprint density at radius 3 is 2.83 bits per heavy atom. The molecule has 0 bridgehead atoms. The van der Waals surface area contributed by atoms with E-state index in [0.717, 1.165) is 5.39 Å². The minimum atomic E-state index is -4.68. The van der Waals surface area contributed by atoms with E-state index in [-0.39, 0.29) is 5.75 Å². The molecule has 0 fully saturated rings. The Hall–Kier alpha value is -1.89. The molecule has 1 heterocycles. The van der Waals surface area contributed by atoms with Crippen LogP contribution in [0, 0.1) is 0 Å². The van der Waals surface area contributed by atoms with Gasteiger partial charge in [0.15, 0.2) is 6.10 Å². The summed E-state index contributed by atoms with van der Waals surface area (Å²) in [5, 5.41) is 9.54. The second kappa shape index (κ2) is 4.77. The maximum atomic E-state index is 12.1. The molecule has 18 heavy (non-hydrogen) atoms. The zero-order valence-corrected chi connectivity index (χ0v) is 9.05. The maximum absolute atomic E-state index is 12.1. The third-order valence-corrected chi connectivity index (χ3v) is 2.26. The maximum Gasteiger partial charge on any atom is 0.417 e. The van der Waals surface area contributed by atoms with Crippen molar-refractivity contribution in [3.63, 3.8) is 0 Å². The van der Waals surface area contributed by atoms with Crippen LogP contribution < -0.4 is 4.74 Å². The molecular formula is C11H9F3N2O2. The average molecular weight is 258 g/mol. The fourth-order valence-electron chi connectivity index (χ4n) is 1.31. The SMILES string of the molecule is OC(COc1ccc2cncnc2c1)C(F)(F)F. The largest absolute Gasteiger partial charge is 0.490 e. The number of aliphatic hydroxyl groups excluding tert-OH is 1. The van der Waals surface area contributed by atoms with E-state index in [4.69, 9.17) is 9.84 Å². The minimum absolute atomic E-state index is 0.213. The van der Waals surface area contributed by atoms with Crippen molar-refractivity contribution in [2.45, 2.75) is 12.3 Å². The molecule has 1 aromatic heterocycles. The first-order valence-corrected chi connectivity index (χ1v) is 5.04. The predicted octanol–water partition coefficient (Wildman–Crippen LogP) is 1.93. The van der Waals surface area contributed by atoms with Crippen LogP contribution in [0.5, 0.6) is 5.75 Å². The fraction of sp³-hybridized carbons (Fsp3) is 0.273. The van der Waals surface area contributed by atoms with Crippen LogP contribution in [0.1, 0.15) is 0 Å². The van der Waals surface area contributed by atoms with Crippen LogP contribution in [-0.4, -0.2) is 34.0 Å². The van der Waals surface area contributed by atoms with Crippen molar-refractivity contribution < 1.29 is 23.0 Å². The van der Waals surface area contributed by atoms with Crippen molar-refractivity contribution in [2.75, 3.05) is 6.61 Å². The number of hydrogen-bond acceptors (Lipinski definition) is 4. The molecule has 2 rings (SSSR count). The van der Waals surface area contributed by atoms with Crippen molar-refractivity contribution >= 4 is 10.9 Å². The number of aromatic nitrogens is 2. The summed E-state index contributed by atoms with van der Waals surface area (Å²) in [6.45, 7) is -0.847. The van der Waals surface area contributed by atoms with Crippen LogP contribution in [0.2, 0.25) is 0 Å². The third-order valence-electron chi connectivity index (χ3n) is 2.26. The summed E-state index contributed by atoms with van der Waals surface area (Å²) in [5.41, 5.74) is 0.559. The number of alkyl halides is 3. The fourth-order valence-corrected chi connectivity index (χ4v) is 1.31. The van der Waals surface area contributed by atoms with Gasteiger partial charge in [-0.2, -0.15) is 13.2 Å². The molecule has 0 spiro atoms. The van der Waals surface area contributed by atoms with Gasteiger partial charge in [-0.3, -0.25) is 0 Å². The standard InChI is InChI=1S/C11H9F3N2O2/c12-11(13,14)10(17)5-18-8-2-1-7-4-15-6-16-9(7)3-8/h1-4,6,10,17H,5H2. The lowest BCUT2D eigenvalue weighted by atomic mass is 10.2. The van der Waals surface area contributed by atoms with Crippen LogP contribution in [0.4, 0.5) is 13.2 Å². The van der Waals surface area contributed by atoms with E-state index in [2.05, 4.69) is 9.97 Å². The van der Waals surface area contributed by atoms with Crippen molar-refractivity contribution in [3.8, 4) is 5.75 Å². The van der Waals surface area contributed by atoms with Crippen LogP contribution in [0.15, 0.2) is 30.7 Å². The Labute approximate surface area is 100 Å². The van der Waals surface area contributed by atoms with Gasteiger partial charge < -0.3 is 9.84 Å². The smallest absolute Gasteiger partial charge is 0.417 e. The second-order valence-corrected chi connectivity index (χ2v) is 3.61. The highest BCUT2D eigenvalue weighted by Crippen LogP contribution is 2.22. The highest BCUT2D eigenvalue weighted by atomic mass is 19.4. The lowest BCUT2D eigenvalue weighted by Gasteiger charge is -2.15. The number of hydrogen-bond donors (Lipinski definition) is 1. The third kappa shape index (κ3) is 2.86. The van der Waals surface area contributed by atoms with Gasteiger partial charge >= 0.3 is 6.18 Å². The first-order valence-electron chi connectivity index (χ1n) is 5.04. The number of halogens is 3. The lowest BCUT2D eigenvalue weighted by Crippen LogP contribution is -2.34. The van der Waals surface area contributed by atoms with E-state index < -0.39 is 18.9 Å². The van der Waals surface area contributed by atoms with Gasteiger partial charge in [-0.05, 0) is 12.1 Å². The normalized spacial score (nSPS) is 13.6. The molecule has 96 valence electrons. The molecule has 0 aliphatic rings. The van der Waals surface area contributed by atoms with Crippen molar-refractivity contribution in [1.82, 2.24) is 9.97 Å². The molecule has 1 aromatic carbocycles. The summed E-state index contributed by atoms with van der Waals surface area (Å²) in [5.74, 6) is 0.213. The molecule has 1 unspecified atom stereocenters. The van der Waals surface area contributed by atoms with E-state index in [9.17, 15) is 13.2 Å². The van der Waals surface area contributed by atoms with Crippen LogP contribution in [0.3, 0.4) is 0 Å². The molecule has 0 aliphatic carbocycles. The highest BCUT2D eigenvalue weighted by Gasteiger charge is 2.38. The van der Waals surface area contributed by atoms with Gasteiger partial charge in [0.2, 0.25) is 0 Å². The van der Waals surface area contributed by atoms with E-state index in [1.165, 1.54) is 18.5 Å². The molecule has 0 amide bonds. The van der Waals surface area contributed by atoms with E-state index >= 15 is 0 Å². The van der Waals surface area contributed by atoms with E-state index in [1.54, 1.807) is 12.3 Å². The Balaban J connectivity index is 2.08. The molecule has 0 aliphatic heterocycles. The molecule has 0 saturated carbocycles. The molecule has 0 radical (unpaired) electrons. The van der Waals surface area contributed by atoms with E-state index in [1.807, 2.05) is 0 Å². The van der Waals surface area contributed by atoms with Crippen LogP contribution in [0.25, 0.3) is 10.9 Å². The zero-order chi connectivity index (χ0) is 13.2. The summed E-state index contributed by atoms with van der Waals surface area (Å²) in [6.07, 6.45) is -4.27. The molecule has 7 heteroatoms. The first-order chi connectivity index (χ1) is 8.47. The lowest BCUT2D eigenvalue weighted by molar-refractivity contribution is -0.210. The van der Waals surface area contributed by atoms with Gasteiger partial charge in [-0.1, -0.05) is 0 Å². The number of rotatable bonds is 3. The Morgan fingerprint density at radius 2 is 2.11 bits per heavy atom. The highest BCUT2D eigenvalue weighted by molar-refractivity contribution is 5.78. The first kappa shape index (κ1) is 12.6. The molecule has 1 N–H and O–H groups in total. The van der Waals surface area contributed by atoms with Crippen molar-refractivity contribution in [3.05, 3.63) is 30.7 Å². The topological polar surface area (TPSA) is 55.2 Å². The van der Waals surface area contributed by atoms with Gasteiger partial charge in [0, 0.05) is 17.6 Å². The van der Waals surface area contributed by atoms with Crippen LogP contribution in [-0.2, 0) is 0 Å². The summed E-state index contributed by atoms with van der Waals surface area (Å²) in [6, 6.07) is 4.61. The summed E-state index contributed by atoms with van der Waals surface area (Å²) in [4.78, 5) is 7.75. The Bertz CT molecular complexity index is 545. The quantitative estimate of drug-likeness (QED) is 0.914. The Morgan fingerprint density at radius 1 is 1.33 bits per heavy atom. The molecule has 1 atom stereocenters. The number of nitrogens with zero attached hydrogens (tertiary/aromatic N) is 2. The molecule has 4 nitrogen and oxygen atoms in total. The summed E-state index contributed by atoms with van der Waals surface area (Å²) < 4.78 is 41.0. The average Bonchev–Trinajstić information content (AvgIpc) is 2.34. The van der Waals surface area contributed by atoms with Crippen molar-refractivity contribution in [1.29, 1.82) is 0 Å². The number of fused-ring (bicyclic) bond motifs is 1. The Kier molecular flexibility index (Phi) is 3.33. The van der Waals surface area contributed by atoms with Gasteiger partial charge in [-0.15, -0.1) is 0 Å². The van der Waals surface area contributed by atoms with Gasteiger partial charge in [0.1, 0.15) is 18.7 Å². The number of benzene rings is 1. The summed E-state index contributed by atoms with van der Waals surface area (Å²) >= 11 is 0. The number of aliphatic hydroxyl groups is 1. The molecule has 0 saturated heterocycles. The second-order valence-electron chi connectivity index (χ2n) is 3.61. The number of ether oxygens (including phenoxy) is 1. The monoisotopic (exact) mass is 258 g/mol. The van der Waals surface area contributed by atoms with Gasteiger partial charge in [0.05, 0.1) is 5.52 Å². The van der Waals surface area contributed by atoms with Gasteiger partial charge in [0.25, 0.3) is 0 Å². The van der Waals surface area contributed by atoms with E-state index in [0.29, 0.717) is 5.52 Å². The predicted molar refractivity (Wildman–Crippen MR) is 57.1 cm³/mol.